The van der Waals surface area contributed by atoms with Crippen molar-refractivity contribution in [3.63, 3.8) is 0 Å². The van der Waals surface area contributed by atoms with Gasteiger partial charge in [0.2, 0.25) is 5.91 Å². The molecule has 8 heteroatoms. The molecule has 1 heterocycles. The van der Waals surface area contributed by atoms with Gasteiger partial charge in [0.15, 0.2) is 0 Å². The van der Waals surface area contributed by atoms with Crippen LogP contribution in [0, 0.1) is 6.92 Å². The molecular formula is C15H19ClN4O2S. The van der Waals surface area contributed by atoms with Crippen LogP contribution < -0.4 is 16.4 Å². The van der Waals surface area contributed by atoms with E-state index in [1.54, 1.807) is 24.4 Å². The Morgan fingerprint density at radius 3 is 2.65 bits per heavy atom. The summed E-state index contributed by atoms with van der Waals surface area (Å²) >= 11 is 1.35. The SMILES string of the molecule is CCC(=O)Nc1ccc(C)c(NC(=O)c2csc(CN)n2)c1.Cl. The first-order chi connectivity index (χ1) is 10.5. The number of hydrogen-bond donors (Lipinski definition) is 3. The lowest BCUT2D eigenvalue weighted by Gasteiger charge is -2.10. The van der Waals surface area contributed by atoms with Gasteiger partial charge in [-0.05, 0) is 24.6 Å². The third-order valence-electron chi connectivity index (χ3n) is 3.05. The molecule has 4 N–H and O–H groups in total. The fraction of sp³-hybridized carbons (Fsp3) is 0.267. The number of benzene rings is 1. The third-order valence-corrected chi connectivity index (χ3v) is 3.92. The van der Waals surface area contributed by atoms with Crippen LogP contribution in [0.4, 0.5) is 11.4 Å². The van der Waals surface area contributed by atoms with E-state index in [1.807, 2.05) is 13.0 Å². The van der Waals surface area contributed by atoms with E-state index in [0.717, 1.165) is 5.56 Å². The molecule has 1 aromatic heterocycles. The number of hydrogen-bond acceptors (Lipinski definition) is 5. The first-order valence-electron chi connectivity index (χ1n) is 6.89. The number of nitrogens with zero attached hydrogens (tertiary/aromatic N) is 1. The Balaban J connectivity index is 0.00000264. The van der Waals surface area contributed by atoms with E-state index in [1.165, 1.54) is 11.3 Å². The summed E-state index contributed by atoms with van der Waals surface area (Å²) in [6, 6.07) is 5.37. The summed E-state index contributed by atoms with van der Waals surface area (Å²) in [4.78, 5) is 27.8. The molecule has 2 rings (SSSR count). The van der Waals surface area contributed by atoms with Crippen molar-refractivity contribution in [2.24, 2.45) is 5.73 Å². The Hall–Kier alpha value is -1.96. The zero-order valence-electron chi connectivity index (χ0n) is 12.9. The van der Waals surface area contributed by atoms with Crippen LogP contribution in [0.25, 0.3) is 0 Å². The van der Waals surface area contributed by atoms with Gasteiger partial charge in [0.1, 0.15) is 10.7 Å². The Morgan fingerprint density at radius 2 is 2.04 bits per heavy atom. The molecule has 0 aliphatic heterocycles. The summed E-state index contributed by atoms with van der Waals surface area (Å²) < 4.78 is 0. The Bertz CT molecular complexity index is 703. The molecule has 2 amide bonds. The number of rotatable bonds is 5. The smallest absolute Gasteiger partial charge is 0.275 e. The molecule has 0 spiro atoms. The van der Waals surface area contributed by atoms with Gasteiger partial charge in [-0.15, -0.1) is 23.7 Å². The molecule has 2 aromatic rings. The van der Waals surface area contributed by atoms with Gasteiger partial charge in [0.25, 0.3) is 5.91 Å². The average Bonchev–Trinajstić information content (AvgIpc) is 2.99. The predicted molar refractivity (Wildman–Crippen MR) is 95.3 cm³/mol. The summed E-state index contributed by atoms with van der Waals surface area (Å²) in [5.74, 6) is -0.369. The van der Waals surface area contributed by atoms with Gasteiger partial charge in [-0.25, -0.2) is 4.98 Å². The van der Waals surface area contributed by atoms with Crippen LogP contribution in [0.5, 0.6) is 0 Å². The van der Waals surface area contributed by atoms with Gasteiger partial charge in [0.05, 0.1) is 0 Å². The lowest BCUT2D eigenvalue weighted by atomic mass is 10.1. The summed E-state index contributed by atoms with van der Waals surface area (Å²) in [6.45, 7) is 3.98. The zero-order valence-corrected chi connectivity index (χ0v) is 14.5. The monoisotopic (exact) mass is 354 g/mol. The highest BCUT2D eigenvalue weighted by Crippen LogP contribution is 2.21. The second-order valence-corrected chi connectivity index (χ2v) is 5.66. The Kier molecular flexibility index (Phi) is 7.15. The molecule has 124 valence electrons. The van der Waals surface area contributed by atoms with Crippen LogP contribution in [0.1, 0.15) is 34.4 Å². The molecule has 1 aromatic carbocycles. The number of amides is 2. The van der Waals surface area contributed by atoms with E-state index in [-0.39, 0.29) is 24.2 Å². The molecule has 0 atom stereocenters. The molecule has 0 bridgehead atoms. The minimum Gasteiger partial charge on any atom is -0.326 e. The maximum Gasteiger partial charge on any atom is 0.275 e. The number of halogens is 1. The highest BCUT2D eigenvalue weighted by atomic mass is 35.5. The zero-order chi connectivity index (χ0) is 16.1. The van der Waals surface area contributed by atoms with Gasteiger partial charge in [-0.1, -0.05) is 13.0 Å². The van der Waals surface area contributed by atoms with Gasteiger partial charge in [-0.3, -0.25) is 9.59 Å². The molecule has 0 saturated heterocycles. The van der Waals surface area contributed by atoms with Crippen LogP contribution in [0.3, 0.4) is 0 Å². The second-order valence-electron chi connectivity index (χ2n) is 4.72. The highest BCUT2D eigenvalue weighted by molar-refractivity contribution is 7.09. The van der Waals surface area contributed by atoms with Crippen molar-refractivity contribution in [1.29, 1.82) is 0 Å². The first kappa shape index (κ1) is 19.1. The van der Waals surface area contributed by atoms with Crippen molar-refractivity contribution in [3.8, 4) is 0 Å². The maximum atomic E-state index is 12.2. The van der Waals surface area contributed by atoms with Crippen molar-refractivity contribution in [1.82, 2.24) is 4.98 Å². The normalized spacial score (nSPS) is 9.87. The van der Waals surface area contributed by atoms with Gasteiger partial charge in [0, 0.05) is 29.7 Å². The minimum atomic E-state index is -0.294. The predicted octanol–water partition coefficient (Wildman–Crippen LogP) is 2.93. The van der Waals surface area contributed by atoms with Crippen LogP contribution in [0.15, 0.2) is 23.6 Å². The molecule has 6 nitrogen and oxygen atoms in total. The van der Waals surface area contributed by atoms with E-state index in [0.29, 0.717) is 35.0 Å². The molecule has 0 aliphatic rings. The Morgan fingerprint density at radius 1 is 1.30 bits per heavy atom. The van der Waals surface area contributed by atoms with Crippen molar-refractivity contribution < 1.29 is 9.59 Å². The van der Waals surface area contributed by atoms with Crippen molar-refractivity contribution in [2.75, 3.05) is 10.6 Å². The molecule has 0 aliphatic carbocycles. The van der Waals surface area contributed by atoms with Crippen molar-refractivity contribution in [3.05, 3.63) is 39.8 Å². The Labute approximate surface area is 144 Å². The number of carbonyl (C=O) groups is 2. The summed E-state index contributed by atoms with van der Waals surface area (Å²) in [6.07, 6.45) is 0.399. The molecule has 0 unspecified atom stereocenters. The lowest BCUT2D eigenvalue weighted by molar-refractivity contribution is -0.115. The minimum absolute atomic E-state index is 0. The average molecular weight is 355 g/mol. The summed E-state index contributed by atoms with van der Waals surface area (Å²) in [7, 11) is 0. The van der Waals surface area contributed by atoms with E-state index < -0.39 is 0 Å². The molecular weight excluding hydrogens is 336 g/mol. The number of aryl methyl sites for hydroxylation is 1. The van der Waals surface area contributed by atoms with Gasteiger partial charge >= 0.3 is 0 Å². The third kappa shape index (κ3) is 5.02. The van der Waals surface area contributed by atoms with Crippen LogP contribution in [-0.2, 0) is 11.3 Å². The van der Waals surface area contributed by atoms with Crippen molar-refractivity contribution >= 4 is 46.9 Å². The summed E-state index contributed by atoms with van der Waals surface area (Å²) in [5.41, 5.74) is 8.02. The quantitative estimate of drug-likeness (QED) is 0.769. The topological polar surface area (TPSA) is 97.1 Å². The van der Waals surface area contributed by atoms with E-state index in [4.69, 9.17) is 5.73 Å². The van der Waals surface area contributed by atoms with E-state index in [2.05, 4.69) is 15.6 Å². The fourth-order valence-electron chi connectivity index (χ4n) is 1.78. The maximum absolute atomic E-state index is 12.2. The van der Waals surface area contributed by atoms with Crippen LogP contribution >= 0.6 is 23.7 Å². The van der Waals surface area contributed by atoms with Crippen LogP contribution in [-0.4, -0.2) is 16.8 Å². The standard InChI is InChI=1S/C15H18N4O2S.ClH/c1-3-13(20)17-10-5-4-9(2)11(6-10)19-15(21)12-8-22-14(7-16)18-12;/h4-6,8H,3,7,16H2,1-2H3,(H,17,20)(H,19,21);1H. The van der Waals surface area contributed by atoms with Crippen LogP contribution in [0.2, 0.25) is 0 Å². The second kappa shape index (κ2) is 8.61. The number of nitrogens with one attached hydrogen (secondary N) is 2. The number of carbonyl (C=O) groups excluding carboxylic acids is 2. The molecule has 0 saturated carbocycles. The van der Waals surface area contributed by atoms with Crippen molar-refractivity contribution in [2.45, 2.75) is 26.8 Å². The van der Waals surface area contributed by atoms with Gasteiger partial charge in [-0.2, -0.15) is 0 Å². The van der Waals surface area contributed by atoms with Gasteiger partial charge < -0.3 is 16.4 Å². The van der Waals surface area contributed by atoms with E-state index in [9.17, 15) is 9.59 Å². The van der Waals surface area contributed by atoms with E-state index >= 15 is 0 Å². The first-order valence-corrected chi connectivity index (χ1v) is 7.77. The molecule has 0 fully saturated rings. The molecule has 0 radical (unpaired) electrons. The summed E-state index contributed by atoms with van der Waals surface area (Å²) in [5, 5.41) is 7.96. The fourth-order valence-corrected chi connectivity index (χ4v) is 2.43. The largest absolute Gasteiger partial charge is 0.326 e. The lowest BCUT2D eigenvalue weighted by Crippen LogP contribution is -2.14. The highest BCUT2D eigenvalue weighted by Gasteiger charge is 2.12. The molecule has 23 heavy (non-hydrogen) atoms. The number of anilines is 2. The number of aromatic nitrogens is 1. The number of nitrogens with two attached hydrogens (primary N) is 1. The number of thiazole rings is 1.